The third-order valence-electron chi connectivity index (χ3n) is 2.89. The Bertz CT molecular complexity index is 584. The first-order chi connectivity index (χ1) is 10.0. The van der Waals surface area contributed by atoms with E-state index in [0.29, 0.717) is 4.90 Å². The van der Waals surface area contributed by atoms with Gasteiger partial charge >= 0.3 is 12.0 Å². The van der Waals surface area contributed by atoms with Crippen LogP contribution in [0.2, 0.25) is 0 Å². The van der Waals surface area contributed by atoms with E-state index >= 15 is 0 Å². The number of rotatable bonds is 4. The zero-order valence-electron chi connectivity index (χ0n) is 11.4. The summed E-state index contributed by atoms with van der Waals surface area (Å²) in [7, 11) is 0. The molecule has 0 bridgehead atoms. The molecule has 0 spiro atoms. The molecule has 1 aliphatic heterocycles. The predicted octanol–water partition coefficient (Wildman–Crippen LogP) is 0.654. The largest absolute Gasteiger partial charge is 0.465 e. The van der Waals surface area contributed by atoms with Gasteiger partial charge in [0.15, 0.2) is 0 Å². The number of hydrogen-bond donors (Lipinski definition) is 0. The number of amides is 4. The number of benzene rings is 1. The summed E-state index contributed by atoms with van der Waals surface area (Å²) < 4.78 is 4.72. The van der Waals surface area contributed by atoms with E-state index in [0.717, 1.165) is 4.90 Å². The van der Waals surface area contributed by atoms with Crippen LogP contribution in [0.15, 0.2) is 30.3 Å². The molecule has 0 N–H and O–H groups in total. The van der Waals surface area contributed by atoms with Gasteiger partial charge in [-0.25, -0.2) is 4.79 Å². The molecule has 1 saturated heterocycles. The molecule has 1 aromatic carbocycles. The molecule has 7 heteroatoms. The smallest absolute Gasteiger partial charge is 0.334 e. The maximum Gasteiger partial charge on any atom is 0.334 e. The fourth-order valence-corrected chi connectivity index (χ4v) is 1.95. The number of ether oxygens (including phenoxy) is 1. The third-order valence-corrected chi connectivity index (χ3v) is 2.89. The summed E-state index contributed by atoms with van der Waals surface area (Å²) in [5.74, 6) is -1.97. The maximum absolute atomic E-state index is 12.2. The maximum atomic E-state index is 12.2. The molecule has 0 atom stereocenters. The number of carbonyl (C=O) groups excluding carboxylic acids is 4. The minimum absolute atomic E-state index is 0.182. The zero-order chi connectivity index (χ0) is 15.4. The Morgan fingerprint density at radius 3 is 2.48 bits per heavy atom. The van der Waals surface area contributed by atoms with E-state index in [1.54, 1.807) is 25.1 Å². The van der Waals surface area contributed by atoms with E-state index in [2.05, 4.69) is 0 Å². The van der Waals surface area contributed by atoms with Crippen LogP contribution in [0.4, 0.5) is 4.79 Å². The minimum atomic E-state index is -0.804. The highest BCUT2D eigenvalue weighted by molar-refractivity contribution is 6.19. The highest BCUT2D eigenvalue weighted by Gasteiger charge is 2.41. The summed E-state index contributed by atoms with van der Waals surface area (Å²) >= 11 is 0. The molecule has 0 aromatic heterocycles. The van der Waals surface area contributed by atoms with Crippen LogP contribution in [0, 0.1) is 0 Å². The molecular weight excluding hydrogens is 276 g/mol. The van der Waals surface area contributed by atoms with Gasteiger partial charge in [0.05, 0.1) is 6.61 Å². The van der Waals surface area contributed by atoms with Gasteiger partial charge in [-0.3, -0.25) is 14.4 Å². The third kappa shape index (κ3) is 3.07. The lowest BCUT2D eigenvalue weighted by Gasteiger charge is -2.15. The molecule has 2 rings (SSSR count). The standard InChI is InChI=1S/C14H14N2O5/c1-2-21-12(18)9-15-8-11(17)16(14(15)20)13(19)10-6-4-3-5-7-10/h3-7H,2,8-9H2,1H3. The fraction of sp³-hybridized carbons (Fsp3) is 0.286. The molecule has 4 amide bonds. The Hall–Kier alpha value is -2.70. The second-order valence-electron chi connectivity index (χ2n) is 4.34. The first-order valence-corrected chi connectivity index (χ1v) is 6.41. The number of esters is 1. The second kappa shape index (κ2) is 6.17. The first kappa shape index (κ1) is 14.7. The summed E-state index contributed by atoms with van der Waals surface area (Å²) in [6.07, 6.45) is 0. The Balaban J connectivity index is 2.12. The lowest BCUT2D eigenvalue weighted by atomic mass is 10.2. The van der Waals surface area contributed by atoms with Crippen LogP contribution in [0.3, 0.4) is 0 Å². The van der Waals surface area contributed by atoms with Crippen LogP contribution >= 0.6 is 0 Å². The number of hydrogen-bond acceptors (Lipinski definition) is 5. The summed E-state index contributed by atoms with van der Waals surface area (Å²) in [6, 6.07) is 7.20. The highest BCUT2D eigenvalue weighted by atomic mass is 16.5. The summed E-state index contributed by atoms with van der Waals surface area (Å²) in [5.41, 5.74) is 0.234. The molecule has 21 heavy (non-hydrogen) atoms. The summed E-state index contributed by atoms with van der Waals surface area (Å²) in [5, 5.41) is 0. The van der Waals surface area contributed by atoms with Crippen molar-refractivity contribution in [2.24, 2.45) is 0 Å². The van der Waals surface area contributed by atoms with Crippen LogP contribution in [0.25, 0.3) is 0 Å². The van der Waals surface area contributed by atoms with Gasteiger partial charge < -0.3 is 9.64 Å². The number of imide groups is 3. The van der Waals surface area contributed by atoms with E-state index in [4.69, 9.17) is 4.74 Å². The summed E-state index contributed by atoms with van der Waals surface area (Å²) in [4.78, 5) is 49.0. The van der Waals surface area contributed by atoms with E-state index in [1.165, 1.54) is 12.1 Å². The van der Waals surface area contributed by atoms with Crippen LogP contribution in [0.1, 0.15) is 17.3 Å². The van der Waals surface area contributed by atoms with Crippen molar-refractivity contribution in [1.82, 2.24) is 9.80 Å². The van der Waals surface area contributed by atoms with Gasteiger partial charge in [0.25, 0.3) is 11.8 Å². The average molecular weight is 290 g/mol. The Labute approximate surface area is 121 Å². The molecule has 1 aliphatic rings. The van der Waals surface area contributed by atoms with Gasteiger partial charge in [-0.2, -0.15) is 4.90 Å². The molecule has 1 fully saturated rings. The van der Waals surface area contributed by atoms with Crippen molar-refractivity contribution in [1.29, 1.82) is 0 Å². The number of carbonyl (C=O) groups is 4. The van der Waals surface area contributed by atoms with Gasteiger partial charge in [0.1, 0.15) is 13.1 Å². The lowest BCUT2D eigenvalue weighted by Crippen LogP contribution is -2.39. The molecule has 0 unspecified atom stereocenters. The van der Waals surface area contributed by atoms with Crippen molar-refractivity contribution in [3.63, 3.8) is 0 Å². The SMILES string of the molecule is CCOC(=O)CN1CC(=O)N(C(=O)c2ccccc2)C1=O. The monoisotopic (exact) mass is 290 g/mol. The summed E-state index contributed by atoms with van der Waals surface area (Å²) in [6.45, 7) is 1.16. The topological polar surface area (TPSA) is 84.0 Å². The van der Waals surface area contributed by atoms with Gasteiger partial charge in [-0.05, 0) is 19.1 Å². The normalized spacial score (nSPS) is 14.5. The van der Waals surface area contributed by atoms with E-state index in [9.17, 15) is 19.2 Å². The average Bonchev–Trinajstić information content (AvgIpc) is 2.74. The predicted molar refractivity (Wildman–Crippen MR) is 71.2 cm³/mol. The Morgan fingerprint density at radius 2 is 1.86 bits per heavy atom. The van der Waals surface area contributed by atoms with Gasteiger partial charge in [0, 0.05) is 5.56 Å². The van der Waals surface area contributed by atoms with Crippen LogP contribution < -0.4 is 0 Å². The van der Waals surface area contributed by atoms with Crippen molar-refractivity contribution in [3.05, 3.63) is 35.9 Å². The zero-order valence-corrected chi connectivity index (χ0v) is 11.4. The van der Waals surface area contributed by atoms with Crippen molar-refractivity contribution < 1.29 is 23.9 Å². The Kier molecular flexibility index (Phi) is 4.32. The van der Waals surface area contributed by atoms with Crippen LogP contribution in [-0.4, -0.2) is 53.3 Å². The number of nitrogens with zero attached hydrogens (tertiary/aromatic N) is 2. The molecule has 0 saturated carbocycles. The first-order valence-electron chi connectivity index (χ1n) is 6.41. The molecule has 110 valence electrons. The van der Waals surface area contributed by atoms with E-state index < -0.39 is 23.8 Å². The molecule has 0 radical (unpaired) electrons. The lowest BCUT2D eigenvalue weighted by molar-refractivity contribution is -0.143. The minimum Gasteiger partial charge on any atom is -0.465 e. The second-order valence-corrected chi connectivity index (χ2v) is 4.34. The van der Waals surface area contributed by atoms with Crippen molar-refractivity contribution in [2.45, 2.75) is 6.92 Å². The number of urea groups is 1. The molecule has 0 aliphatic carbocycles. The van der Waals surface area contributed by atoms with Crippen molar-refractivity contribution in [3.8, 4) is 0 Å². The molecular formula is C14H14N2O5. The highest BCUT2D eigenvalue weighted by Crippen LogP contribution is 2.14. The van der Waals surface area contributed by atoms with Gasteiger partial charge in [-0.15, -0.1) is 0 Å². The Morgan fingerprint density at radius 1 is 1.19 bits per heavy atom. The molecule has 7 nitrogen and oxygen atoms in total. The quantitative estimate of drug-likeness (QED) is 0.462. The van der Waals surface area contributed by atoms with Crippen molar-refractivity contribution >= 4 is 23.8 Å². The van der Waals surface area contributed by atoms with Crippen LogP contribution in [-0.2, 0) is 14.3 Å². The van der Waals surface area contributed by atoms with Gasteiger partial charge in [0.2, 0.25) is 0 Å². The molecule has 1 heterocycles. The van der Waals surface area contributed by atoms with Gasteiger partial charge in [-0.1, -0.05) is 18.2 Å². The van der Waals surface area contributed by atoms with Crippen molar-refractivity contribution in [2.75, 3.05) is 19.7 Å². The van der Waals surface area contributed by atoms with Crippen LogP contribution in [0.5, 0.6) is 0 Å². The molecule has 1 aromatic rings. The van der Waals surface area contributed by atoms with E-state index in [-0.39, 0.29) is 25.3 Å². The van der Waals surface area contributed by atoms with E-state index in [1.807, 2.05) is 0 Å². The fourth-order valence-electron chi connectivity index (χ4n) is 1.95.